The minimum absolute atomic E-state index is 0.0275. The molecule has 2 heterocycles. The Hall–Kier alpha value is -3.67. The monoisotopic (exact) mass is 443 g/mol. The zero-order chi connectivity index (χ0) is 23.1. The van der Waals surface area contributed by atoms with Crippen LogP contribution in [0.25, 0.3) is 11.1 Å². The van der Waals surface area contributed by atoms with E-state index in [1.807, 2.05) is 48.7 Å². The highest BCUT2D eigenvalue weighted by molar-refractivity contribution is 5.85. The smallest absolute Gasteiger partial charge is 0.260 e. The third-order valence-corrected chi connectivity index (χ3v) is 6.24. The fraction of sp³-hybridized carbons (Fsp3) is 0.296. The van der Waals surface area contributed by atoms with E-state index in [-0.39, 0.29) is 18.4 Å². The molecule has 6 heteroatoms. The molecule has 2 aromatic carbocycles. The molecule has 170 valence electrons. The Balaban J connectivity index is 1.47. The number of nitrogens with zero attached hydrogens (tertiary/aromatic N) is 2. The number of pyridine rings is 1. The number of hydrogen-bond acceptors (Lipinski definition) is 4. The first kappa shape index (κ1) is 22.5. The summed E-state index contributed by atoms with van der Waals surface area (Å²) in [7, 11) is 1.66. The lowest BCUT2D eigenvalue weighted by molar-refractivity contribution is -0.142. The maximum absolute atomic E-state index is 13.0. The summed E-state index contributed by atoms with van der Waals surface area (Å²) >= 11 is 0. The molecule has 0 bridgehead atoms. The maximum Gasteiger partial charge on any atom is 0.260 e. The molecule has 6 nitrogen and oxygen atoms in total. The van der Waals surface area contributed by atoms with E-state index in [9.17, 15) is 9.59 Å². The zero-order valence-corrected chi connectivity index (χ0v) is 18.9. The summed E-state index contributed by atoms with van der Waals surface area (Å²) in [5, 5.41) is 2.83. The molecular weight excluding hydrogens is 414 g/mol. The van der Waals surface area contributed by atoms with Crippen molar-refractivity contribution >= 4 is 11.8 Å². The second kappa shape index (κ2) is 10.3. The fourth-order valence-electron chi connectivity index (χ4n) is 4.51. The summed E-state index contributed by atoms with van der Waals surface area (Å²) in [6.45, 7) is 0.983. The highest BCUT2D eigenvalue weighted by atomic mass is 16.5. The third-order valence-electron chi connectivity index (χ3n) is 6.24. The van der Waals surface area contributed by atoms with Gasteiger partial charge in [-0.1, -0.05) is 48.5 Å². The predicted molar refractivity (Wildman–Crippen MR) is 128 cm³/mol. The highest BCUT2D eigenvalue weighted by Gasteiger charge is 2.43. The average Bonchev–Trinajstić information content (AvgIpc) is 2.88. The van der Waals surface area contributed by atoms with Crippen LogP contribution >= 0.6 is 0 Å². The first-order valence-corrected chi connectivity index (χ1v) is 11.3. The van der Waals surface area contributed by atoms with Crippen molar-refractivity contribution in [2.75, 3.05) is 26.7 Å². The molecule has 2 amide bonds. The van der Waals surface area contributed by atoms with Crippen molar-refractivity contribution in [2.24, 2.45) is 5.41 Å². The number of rotatable bonds is 7. The normalized spacial score (nSPS) is 17.9. The van der Waals surface area contributed by atoms with Crippen LogP contribution in [0.2, 0.25) is 0 Å². The Kier molecular flexibility index (Phi) is 7.03. The third kappa shape index (κ3) is 5.40. The molecule has 0 radical (unpaired) electrons. The number of carbonyl (C=O) groups is 2. The quantitative estimate of drug-likeness (QED) is 0.604. The second-order valence-corrected chi connectivity index (χ2v) is 8.50. The lowest BCUT2D eigenvalue weighted by atomic mass is 9.74. The molecule has 0 unspecified atom stereocenters. The molecule has 1 atom stereocenters. The van der Waals surface area contributed by atoms with Crippen LogP contribution in [0.4, 0.5) is 0 Å². The first-order chi connectivity index (χ1) is 16.1. The van der Waals surface area contributed by atoms with Gasteiger partial charge in [-0.15, -0.1) is 0 Å². The summed E-state index contributed by atoms with van der Waals surface area (Å²) in [6.07, 6.45) is 5.68. The average molecular weight is 444 g/mol. The van der Waals surface area contributed by atoms with E-state index in [0.29, 0.717) is 25.3 Å². The summed E-state index contributed by atoms with van der Waals surface area (Å²) in [4.78, 5) is 31.9. The van der Waals surface area contributed by atoms with Crippen molar-refractivity contribution < 1.29 is 14.3 Å². The molecule has 0 spiro atoms. The number of benzene rings is 2. The molecule has 33 heavy (non-hydrogen) atoms. The SMILES string of the molecule is CNC(=O)[C@]1(Cc2ccc(-c3cccnc3)cc2)CCCN(C(=O)COc2ccccc2)C1. The second-order valence-electron chi connectivity index (χ2n) is 8.50. The number of likely N-dealkylation sites (tertiary alicyclic amines) is 1. The fourth-order valence-corrected chi connectivity index (χ4v) is 4.51. The Labute approximate surface area is 194 Å². The number of nitrogens with one attached hydrogen (secondary N) is 1. The van der Waals surface area contributed by atoms with Crippen molar-refractivity contribution in [3.05, 3.63) is 84.7 Å². The molecule has 1 fully saturated rings. The van der Waals surface area contributed by atoms with Gasteiger partial charge in [0.1, 0.15) is 5.75 Å². The molecule has 3 aromatic rings. The molecule has 0 saturated carbocycles. The zero-order valence-electron chi connectivity index (χ0n) is 18.9. The molecule has 0 aliphatic carbocycles. The van der Waals surface area contributed by atoms with E-state index in [2.05, 4.69) is 34.6 Å². The van der Waals surface area contributed by atoms with Crippen LogP contribution in [0.5, 0.6) is 5.75 Å². The van der Waals surface area contributed by atoms with Gasteiger partial charge in [-0.25, -0.2) is 0 Å². The van der Waals surface area contributed by atoms with Gasteiger partial charge in [0, 0.05) is 32.5 Å². The number of carbonyl (C=O) groups excluding carboxylic acids is 2. The van der Waals surface area contributed by atoms with Crippen LogP contribution in [-0.4, -0.2) is 48.4 Å². The van der Waals surface area contributed by atoms with Crippen molar-refractivity contribution in [1.29, 1.82) is 0 Å². The minimum Gasteiger partial charge on any atom is -0.484 e. The van der Waals surface area contributed by atoms with Crippen molar-refractivity contribution in [3.63, 3.8) is 0 Å². The highest BCUT2D eigenvalue weighted by Crippen LogP contribution is 2.35. The molecule has 1 saturated heterocycles. The largest absolute Gasteiger partial charge is 0.484 e. The van der Waals surface area contributed by atoms with Gasteiger partial charge in [0.2, 0.25) is 5.91 Å². The van der Waals surface area contributed by atoms with Crippen LogP contribution in [0.3, 0.4) is 0 Å². The lowest BCUT2D eigenvalue weighted by Crippen LogP contribution is -2.54. The van der Waals surface area contributed by atoms with Crippen LogP contribution in [-0.2, 0) is 16.0 Å². The van der Waals surface area contributed by atoms with Crippen LogP contribution in [0.1, 0.15) is 18.4 Å². The summed E-state index contributed by atoms with van der Waals surface area (Å²) in [5.41, 5.74) is 2.55. The molecule has 1 aromatic heterocycles. The molecule has 1 aliphatic rings. The maximum atomic E-state index is 13.0. The lowest BCUT2D eigenvalue weighted by Gasteiger charge is -2.41. The Morgan fingerprint density at radius 2 is 1.82 bits per heavy atom. The number of amides is 2. The molecular formula is C27H29N3O3. The summed E-state index contributed by atoms with van der Waals surface area (Å²) in [6, 6.07) is 21.5. The van der Waals surface area contributed by atoms with Crippen LogP contribution in [0.15, 0.2) is 79.1 Å². The van der Waals surface area contributed by atoms with Gasteiger partial charge in [-0.3, -0.25) is 14.6 Å². The van der Waals surface area contributed by atoms with Crippen LogP contribution in [0, 0.1) is 5.41 Å². The van der Waals surface area contributed by atoms with E-state index < -0.39 is 5.41 Å². The number of piperidine rings is 1. The van der Waals surface area contributed by atoms with Gasteiger partial charge in [-0.2, -0.15) is 0 Å². The van der Waals surface area contributed by atoms with Gasteiger partial charge in [-0.05, 0) is 54.2 Å². The van der Waals surface area contributed by atoms with Gasteiger partial charge >= 0.3 is 0 Å². The van der Waals surface area contributed by atoms with Crippen LogP contribution < -0.4 is 10.1 Å². The first-order valence-electron chi connectivity index (χ1n) is 11.3. The molecule has 1 N–H and O–H groups in total. The van der Waals surface area contributed by atoms with E-state index in [0.717, 1.165) is 29.5 Å². The number of aromatic nitrogens is 1. The predicted octanol–water partition coefficient (Wildman–Crippen LogP) is 3.72. The van der Waals surface area contributed by atoms with Crippen molar-refractivity contribution in [1.82, 2.24) is 15.2 Å². The van der Waals surface area contributed by atoms with Crippen molar-refractivity contribution in [2.45, 2.75) is 19.3 Å². The topological polar surface area (TPSA) is 71.5 Å². The van der Waals surface area contributed by atoms with Crippen molar-refractivity contribution in [3.8, 4) is 16.9 Å². The standard InChI is InChI=1S/C27H29N3O3/c1-28-26(32)27(17-21-10-12-22(13-11-21)23-7-5-15-29-18-23)14-6-16-30(20-27)25(31)19-33-24-8-3-2-4-9-24/h2-5,7-13,15,18H,6,14,16-17,19-20H2,1H3,(H,28,32)/t27-/m0/s1. The van der Waals surface area contributed by atoms with E-state index in [1.54, 1.807) is 18.1 Å². The van der Waals surface area contributed by atoms with Gasteiger partial charge < -0.3 is 15.0 Å². The molecule has 4 rings (SSSR count). The Bertz CT molecular complexity index is 1070. The Morgan fingerprint density at radius 3 is 2.52 bits per heavy atom. The number of ether oxygens (including phenoxy) is 1. The van der Waals surface area contributed by atoms with E-state index in [1.165, 1.54) is 0 Å². The van der Waals surface area contributed by atoms with Gasteiger partial charge in [0.15, 0.2) is 6.61 Å². The number of para-hydroxylation sites is 1. The minimum atomic E-state index is -0.661. The van der Waals surface area contributed by atoms with Gasteiger partial charge in [0.05, 0.1) is 5.41 Å². The van der Waals surface area contributed by atoms with E-state index in [4.69, 9.17) is 4.74 Å². The Morgan fingerprint density at radius 1 is 1.03 bits per heavy atom. The van der Waals surface area contributed by atoms with Gasteiger partial charge in [0.25, 0.3) is 5.91 Å². The van der Waals surface area contributed by atoms with E-state index >= 15 is 0 Å². The number of hydrogen-bond donors (Lipinski definition) is 1. The summed E-state index contributed by atoms with van der Waals surface area (Å²) in [5.74, 6) is 0.535. The molecule has 1 aliphatic heterocycles. The summed E-state index contributed by atoms with van der Waals surface area (Å²) < 4.78 is 5.65.